The summed E-state index contributed by atoms with van der Waals surface area (Å²) in [5.41, 5.74) is 0.971. The van der Waals surface area contributed by atoms with Gasteiger partial charge in [-0.25, -0.2) is 4.98 Å². The summed E-state index contributed by atoms with van der Waals surface area (Å²) in [6.07, 6.45) is 3.62. The second-order valence-electron chi connectivity index (χ2n) is 3.32. The van der Waals surface area contributed by atoms with E-state index in [1.54, 1.807) is 34.2 Å². The van der Waals surface area contributed by atoms with E-state index >= 15 is 0 Å². The van der Waals surface area contributed by atoms with Crippen molar-refractivity contribution >= 4 is 17.0 Å². The number of hydrogen-bond donors (Lipinski definition) is 1. The van der Waals surface area contributed by atoms with Crippen molar-refractivity contribution in [3.8, 4) is 0 Å². The van der Waals surface area contributed by atoms with E-state index in [1.807, 2.05) is 18.5 Å². The number of rotatable bonds is 4. The summed E-state index contributed by atoms with van der Waals surface area (Å²) in [7, 11) is 0. The fourth-order valence-corrected chi connectivity index (χ4v) is 1.96. The second-order valence-corrected chi connectivity index (χ2v) is 4.30. The number of aryl methyl sites for hydroxylation is 1. The molecule has 0 amide bonds. The lowest BCUT2D eigenvalue weighted by molar-refractivity contribution is 0.727. The Morgan fingerprint density at radius 3 is 3.06 bits per heavy atom. The molecule has 0 aliphatic carbocycles. The van der Waals surface area contributed by atoms with Crippen molar-refractivity contribution in [2.45, 2.75) is 20.0 Å². The Balaban J connectivity index is 2.07. The standard InChI is InChI=1S/C11H13N3OS/c1-2-14-8-9(3-4-11(14)15)13-7-10-12-5-6-16-10/h3-6,8,13H,2,7H2,1H3. The number of anilines is 1. The highest BCUT2D eigenvalue weighted by atomic mass is 32.1. The summed E-state index contributed by atoms with van der Waals surface area (Å²) >= 11 is 1.61. The Morgan fingerprint density at radius 1 is 1.50 bits per heavy atom. The normalized spacial score (nSPS) is 10.3. The van der Waals surface area contributed by atoms with Gasteiger partial charge >= 0.3 is 0 Å². The molecule has 16 heavy (non-hydrogen) atoms. The quantitative estimate of drug-likeness (QED) is 0.881. The molecule has 0 aliphatic rings. The van der Waals surface area contributed by atoms with E-state index in [2.05, 4.69) is 10.3 Å². The first kappa shape index (κ1) is 10.9. The summed E-state index contributed by atoms with van der Waals surface area (Å²) in [6, 6.07) is 3.37. The molecule has 2 rings (SSSR count). The molecule has 0 unspecified atom stereocenters. The molecule has 2 aromatic rings. The summed E-state index contributed by atoms with van der Waals surface area (Å²) in [5.74, 6) is 0. The van der Waals surface area contributed by atoms with E-state index in [4.69, 9.17) is 0 Å². The van der Waals surface area contributed by atoms with Gasteiger partial charge in [0.15, 0.2) is 0 Å². The maximum Gasteiger partial charge on any atom is 0.250 e. The van der Waals surface area contributed by atoms with Crippen molar-refractivity contribution in [1.82, 2.24) is 9.55 Å². The topological polar surface area (TPSA) is 46.9 Å². The minimum Gasteiger partial charge on any atom is -0.377 e. The summed E-state index contributed by atoms with van der Waals surface area (Å²) in [6.45, 7) is 3.33. The number of thiazole rings is 1. The van der Waals surface area contributed by atoms with Gasteiger partial charge in [-0.1, -0.05) is 0 Å². The van der Waals surface area contributed by atoms with Gasteiger partial charge < -0.3 is 9.88 Å². The molecule has 0 radical (unpaired) electrons. The van der Waals surface area contributed by atoms with Crippen LogP contribution < -0.4 is 10.9 Å². The van der Waals surface area contributed by atoms with Gasteiger partial charge in [-0.15, -0.1) is 11.3 Å². The molecule has 0 aliphatic heterocycles. The number of pyridine rings is 1. The molecule has 4 nitrogen and oxygen atoms in total. The molecule has 0 saturated carbocycles. The molecule has 0 fully saturated rings. The maximum absolute atomic E-state index is 11.4. The van der Waals surface area contributed by atoms with Crippen LogP contribution in [0.5, 0.6) is 0 Å². The predicted molar refractivity (Wildman–Crippen MR) is 65.8 cm³/mol. The van der Waals surface area contributed by atoms with Crippen LogP contribution in [0.3, 0.4) is 0 Å². The summed E-state index contributed by atoms with van der Waals surface area (Å²) < 4.78 is 1.67. The molecule has 5 heteroatoms. The fraction of sp³-hybridized carbons (Fsp3) is 0.273. The third kappa shape index (κ3) is 2.49. The molecule has 84 valence electrons. The van der Waals surface area contributed by atoms with Crippen molar-refractivity contribution < 1.29 is 0 Å². The third-order valence-corrected chi connectivity index (χ3v) is 3.03. The first-order valence-electron chi connectivity index (χ1n) is 5.12. The lowest BCUT2D eigenvalue weighted by Crippen LogP contribution is -2.17. The van der Waals surface area contributed by atoms with Crippen LogP contribution in [0.2, 0.25) is 0 Å². The number of nitrogens with one attached hydrogen (secondary N) is 1. The third-order valence-electron chi connectivity index (χ3n) is 2.25. The Labute approximate surface area is 97.6 Å². The highest BCUT2D eigenvalue weighted by molar-refractivity contribution is 7.09. The second kappa shape index (κ2) is 4.94. The smallest absolute Gasteiger partial charge is 0.250 e. The van der Waals surface area contributed by atoms with E-state index in [0.717, 1.165) is 10.7 Å². The highest BCUT2D eigenvalue weighted by Crippen LogP contribution is 2.08. The lowest BCUT2D eigenvalue weighted by Gasteiger charge is -2.07. The van der Waals surface area contributed by atoms with Gasteiger partial charge in [0.25, 0.3) is 5.56 Å². The molecule has 2 aromatic heterocycles. The van der Waals surface area contributed by atoms with Crippen molar-refractivity contribution in [3.05, 3.63) is 45.3 Å². The Hall–Kier alpha value is -1.62. The van der Waals surface area contributed by atoms with Crippen molar-refractivity contribution in [3.63, 3.8) is 0 Å². The van der Waals surface area contributed by atoms with Crippen LogP contribution in [0.4, 0.5) is 5.69 Å². The van der Waals surface area contributed by atoms with Gasteiger partial charge in [0.2, 0.25) is 0 Å². The van der Waals surface area contributed by atoms with Crippen LogP contribution in [-0.2, 0) is 13.1 Å². The van der Waals surface area contributed by atoms with Crippen LogP contribution in [0.15, 0.2) is 34.7 Å². The van der Waals surface area contributed by atoms with Crippen LogP contribution >= 0.6 is 11.3 Å². The zero-order valence-electron chi connectivity index (χ0n) is 9.01. The van der Waals surface area contributed by atoms with Gasteiger partial charge in [0, 0.05) is 30.4 Å². The van der Waals surface area contributed by atoms with Gasteiger partial charge in [0.1, 0.15) is 5.01 Å². The molecular weight excluding hydrogens is 222 g/mol. The predicted octanol–water partition coefficient (Wildman–Crippen LogP) is 1.94. The van der Waals surface area contributed by atoms with E-state index < -0.39 is 0 Å². The molecule has 0 aromatic carbocycles. The number of hydrogen-bond acceptors (Lipinski definition) is 4. The van der Waals surface area contributed by atoms with Crippen LogP contribution in [-0.4, -0.2) is 9.55 Å². The van der Waals surface area contributed by atoms with Gasteiger partial charge in [0.05, 0.1) is 12.2 Å². The van der Waals surface area contributed by atoms with Crippen LogP contribution in [0, 0.1) is 0 Å². The monoisotopic (exact) mass is 235 g/mol. The number of aromatic nitrogens is 2. The zero-order chi connectivity index (χ0) is 11.4. The fourth-order valence-electron chi connectivity index (χ4n) is 1.40. The molecule has 1 N–H and O–H groups in total. The van der Waals surface area contributed by atoms with Crippen molar-refractivity contribution in [2.75, 3.05) is 5.32 Å². The molecule has 0 atom stereocenters. The van der Waals surface area contributed by atoms with E-state index in [-0.39, 0.29) is 5.56 Å². The average Bonchev–Trinajstić information content (AvgIpc) is 2.81. The van der Waals surface area contributed by atoms with E-state index in [0.29, 0.717) is 13.1 Å². The molecule has 2 heterocycles. The average molecular weight is 235 g/mol. The minimum atomic E-state index is 0.0299. The lowest BCUT2D eigenvalue weighted by atomic mass is 10.4. The van der Waals surface area contributed by atoms with Crippen LogP contribution in [0.1, 0.15) is 11.9 Å². The van der Waals surface area contributed by atoms with E-state index in [1.165, 1.54) is 0 Å². The van der Waals surface area contributed by atoms with Crippen LogP contribution in [0.25, 0.3) is 0 Å². The van der Waals surface area contributed by atoms with Crippen molar-refractivity contribution in [2.24, 2.45) is 0 Å². The summed E-state index contributed by atoms with van der Waals surface area (Å²) in [5, 5.41) is 6.22. The zero-order valence-corrected chi connectivity index (χ0v) is 9.83. The Kier molecular flexibility index (Phi) is 3.36. The highest BCUT2D eigenvalue weighted by Gasteiger charge is 1.98. The summed E-state index contributed by atoms with van der Waals surface area (Å²) in [4.78, 5) is 15.5. The Bertz CT molecular complexity index is 504. The first-order valence-corrected chi connectivity index (χ1v) is 6.00. The maximum atomic E-state index is 11.4. The van der Waals surface area contributed by atoms with Gasteiger partial charge in [-0.05, 0) is 13.0 Å². The van der Waals surface area contributed by atoms with Crippen molar-refractivity contribution in [1.29, 1.82) is 0 Å². The molecule has 0 spiro atoms. The largest absolute Gasteiger partial charge is 0.377 e. The molecule has 0 saturated heterocycles. The van der Waals surface area contributed by atoms with E-state index in [9.17, 15) is 4.79 Å². The molecule has 0 bridgehead atoms. The SMILES string of the molecule is CCn1cc(NCc2nccs2)ccc1=O. The minimum absolute atomic E-state index is 0.0299. The van der Waals surface area contributed by atoms with Gasteiger partial charge in [-0.3, -0.25) is 4.79 Å². The molecular formula is C11H13N3OS. The first-order chi connectivity index (χ1) is 7.79. The van der Waals surface area contributed by atoms with Gasteiger partial charge in [-0.2, -0.15) is 0 Å². The number of nitrogens with zero attached hydrogens (tertiary/aromatic N) is 2. The Morgan fingerprint density at radius 2 is 2.38 bits per heavy atom.